The van der Waals surface area contributed by atoms with E-state index in [2.05, 4.69) is 26.6 Å². The number of hydrogen-bond acceptors (Lipinski definition) is 3. The van der Waals surface area contributed by atoms with Crippen molar-refractivity contribution in [1.82, 2.24) is 5.32 Å². The van der Waals surface area contributed by atoms with E-state index in [9.17, 15) is 9.59 Å². The second kappa shape index (κ2) is 7.25. The fraction of sp³-hybridized carbons (Fsp3) is 0.385. The Balaban J connectivity index is 2.43. The molecule has 0 aliphatic heterocycles. The minimum Gasteiger partial charge on any atom is -0.347 e. The summed E-state index contributed by atoms with van der Waals surface area (Å²) in [7, 11) is 0. The van der Waals surface area contributed by atoms with E-state index >= 15 is 0 Å². The number of carbonyl (C=O) groups is 2. The molecule has 0 aliphatic rings. The van der Waals surface area contributed by atoms with Crippen LogP contribution in [0.2, 0.25) is 0 Å². The molecule has 0 aromatic heterocycles. The van der Waals surface area contributed by atoms with E-state index in [4.69, 9.17) is 5.73 Å². The van der Waals surface area contributed by atoms with E-state index in [1.165, 1.54) is 0 Å². The first kappa shape index (κ1) is 15.7. The Morgan fingerprint density at radius 3 is 2.63 bits per heavy atom. The number of hydrogen-bond donors (Lipinski definition) is 3. The van der Waals surface area contributed by atoms with Crippen LogP contribution in [-0.4, -0.2) is 24.4 Å². The van der Waals surface area contributed by atoms with Gasteiger partial charge in [0.1, 0.15) is 0 Å². The maximum absolute atomic E-state index is 11.6. The summed E-state index contributed by atoms with van der Waals surface area (Å²) in [5.74, 6) is -0.489. The molecule has 0 bridgehead atoms. The smallest absolute Gasteiger partial charge is 0.243 e. The predicted molar refractivity (Wildman–Crippen MR) is 78.8 cm³/mol. The van der Waals surface area contributed by atoms with E-state index in [1.54, 1.807) is 13.0 Å². The van der Waals surface area contributed by atoms with Gasteiger partial charge in [-0.15, -0.1) is 0 Å². The van der Waals surface area contributed by atoms with Gasteiger partial charge in [0.15, 0.2) is 0 Å². The summed E-state index contributed by atoms with van der Waals surface area (Å²) in [4.78, 5) is 23.0. The average molecular weight is 328 g/mol. The molecule has 2 amide bonds. The first-order valence-corrected chi connectivity index (χ1v) is 6.76. The molecule has 104 valence electrons. The Kier molecular flexibility index (Phi) is 5.98. The van der Waals surface area contributed by atoms with Gasteiger partial charge in [0, 0.05) is 22.6 Å². The first-order valence-electron chi connectivity index (χ1n) is 5.96. The molecule has 1 aromatic rings. The summed E-state index contributed by atoms with van der Waals surface area (Å²) in [6.07, 6.45) is 0.213. The number of carbonyl (C=O) groups excluding carboxylic acids is 2. The number of amides is 2. The lowest BCUT2D eigenvalue weighted by Gasteiger charge is -2.09. The molecule has 6 heteroatoms. The number of rotatable bonds is 5. The lowest BCUT2D eigenvalue weighted by Crippen LogP contribution is -2.35. The number of nitrogens with two attached hydrogens (primary N) is 1. The minimum atomic E-state index is -0.264. The van der Waals surface area contributed by atoms with Crippen molar-refractivity contribution < 1.29 is 9.59 Å². The van der Waals surface area contributed by atoms with Gasteiger partial charge in [-0.2, -0.15) is 0 Å². The van der Waals surface area contributed by atoms with Crippen LogP contribution in [0.15, 0.2) is 22.7 Å². The maximum Gasteiger partial charge on any atom is 0.243 e. The number of benzene rings is 1. The van der Waals surface area contributed by atoms with Gasteiger partial charge in [0.25, 0.3) is 0 Å². The molecule has 0 spiro atoms. The van der Waals surface area contributed by atoms with Crippen molar-refractivity contribution in [2.24, 2.45) is 5.73 Å². The van der Waals surface area contributed by atoms with Crippen LogP contribution in [0.25, 0.3) is 0 Å². The molecule has 0 aliphatic carbocycles. The molecule has 1 atom stereocenters. The third-order valence-corrected chi connectivity index (χ3v) is 3.28. The zero-order valence-electron chi connectivity index (χ0n) is 11.0. The van der Waals surface area contributed by atoms with Crippen molar-refractivity contribution in [1.29, 1.82) is 0 Å². The number of aryl methyl sites for hydroxylation is 1. The summed E-state index contributed by atoms with van der Waals surface area (Å²) in [5.41, 5.74) is 7.22. The van der Waals surface area contributed by atoms with Crippen LogP contribution in [-0.2, 0) is 9.59 Å². The van der Waals surface area contributed by atoms with Gasteiger partial charge >= 0.3 is 0 Å². The molecule has 0 heterocycles. The predicted octanol–water partition coefficient (Wildman–Crippen LogP) is 1.55. The van der Waals surface area contributed by atoms with Crippen LogP contribution in [0.1, 0.15) is 18.9 Å². The molecule has 1 rings (SSSR count). The van der Waals surface area contributed by atoms with Gasteiger partial charge in [0.05, 0.1) is 6.54 Å². The quantitative estimate of drug-likeness (QED) is 0.767. The van der Waals surface area contributed by atoms with E-state index in [1.807, 2.05) is 19.1 Å². The zero-order valence-corrected chi connectivity index (χ0v) is 12.6. The topological polar surface area (TPSA) is 84.2 Å². The molecule has 1 unspecified atom stereocenters. The number of halogens is 1. The minimum absolute atomic E-state index is 0.0549. The summed E-state index contributed by atoms with van der Waals surface area (Å²) in [5, 5.41) is 5.23. The van der Waals surface area contributed by atoms with E-state index < -0.39 is 0 Å². The first-order chi connectivity index (χ1) is 8.88. The highest BCUT2D eigenvalue weighted by Crippen LogP contribution is 2.19. The molecule has 19 heavy (non-hydrogen) atoms. The highest BCUT2D eigenvalue weighted by molar-refractivity contribution is 9.10. The highest BCUT2D eigenvalue weighted by atomic mass is 79.9. The van der Waals surface area contributed by atoms with E-state index in [0.717, 1.165) is 10.0 Å². The molecule has 0 saturated carbocycles. The van der Waals surface area contributed by atoms with Crippen molar-refractivity contribution in [3.63, 3.8) is 0 Å². The molecule has 0 saturated heterocycles. The van der Waals surface area contributed by atoms with Crippen molar-refractivity contribution >= 4 is 33.4 Å². The SMILES string of the molecule is Cc1cc(NC(=O)CNC(=O)CC(C)N)ccc1Br. The maximum atomic E-state index is 11.6. The van der Waals surface area contributed by atoms with E-state index in [0.29, 0.717) is 5.69 Å². The molecule has 4 N–H and O–H groups in total. The Morgan fingerprint density at radius 2 is 2.05 bits per heavy atom. The van der Waals surface area contributed by atoms with Crippen LogP contribution in [0.5, 0.6) is 0 Å². The number of nitrogens with one attached hydrogen (secondary N) is 2. The number of anilines is 1. The summed E-state index contributed by atoms with van der Waals surface area (Å²) in [6, 6.07) is 5.29. The van der Waals surface area contributed by atoms with Crippen LogP contribution >= 0.6 is 15.9 Å². The zero-order chi connectivity index (χ0) is 14.4. The largest absolute Gasteiger partial charge is 0.347 e. The van der Waals surface area contributed by atoms with Crippen LogP contribution < -0.4 is 16.4 Å². The van der Waals surface area contributed by atoms with Gasteiger partial charge in [-0.05, 0) is 37.6 Å². The Labute approximate surface area is 121 Å². The second-order valence-corrected chi connectivity index (χ2v) is 5.32. The summed E-state index contributed by atoms with van der Waals surface area (Å²) >= 11 is 3.39. The summed E-state index contributed by atoms with van der Waals surface area (Å²) in [6.45, 7) is 3.62. The Hall–Kier alpha value is -1.40. The van der Waals surface area contributed by atoms with Crippen LogP contribution in [0.3, 0.4) is 0 Å². The third-order valence-electron chi connectivity index (χ3n) is 2.40. The molecule has 0 radical (unpaired) electrons. The fourth-order valence-electron chi connectivity index (χ4n) is 1.47. The molecule has 5 nitrogen and oxygen atoms in total. The van der Waals surface area contributed by atoms with Crippen LogP contribution in [0.4, 0.5) is 5.69 Å². The lowest BCUT2D eigenvalue weighted by molar-refractivity contribution is -0.124. The average Bonchev–Trinajstić information content (AvgIpc) is 2.30. The second-order valence-electron chi connectivity index (χ2n) is 4.47. The van der Waals surface area contributed by atoms with Gasteiger partial charge in [-0.1, -0.05) is 15.9 Å². The van der Waals surface area contributed by atoms with E-state index in [-0.39, 0.29) is 30.8 Å². The Bertz CT molecular complexity index is 475. The van der Waals surface area contributed by atoms with Crippen molar-refractivity contribution in [2.45, 2.75) is 26.3 Å². The van der Waals surface area contributed by atoms with Crippen LogP contribution in [0, 0.1) is 6.92 Å². The van der Waals surface area contributed by atoms with Crippen molar-refractivity contribution in [2.75, 3.05) is 11.9 Å². The summed E-state index contributed by atoms with van der Waals surface area (Å²) < 4.78 is 0.982. The van der Waals surface area contributed by atoms with Gasteiger partial charge in [-0.25, -0.2) is 0 Å². The highest BCUT2D eigenvalue weighted by Gasteiger charge is 2.08. The molecule has 1 aromatic carbocycles. The monoisotopic (exact) mass is 327 g/mol. The third kappa shape index (κ3) is 5.85. The normalized spacial score (nSPS) is 11.8. The standard InChI is InChI=1S/C13H18BrN3O2/c1-8-5-10(3-4-11(8)14)17-13(19)7-16-12(18)6-9(2)15/h3-5,9H,6-7,15H2,1-2H3,(H,16,18)(H,17,19). The molecule has 0 fully saturated rings. The fourth-order valence-corrected chi connectivity index (χ4v) is 1.72. The molecular formula is C13H18BrN3O2. The van der Waals surface area contributed by atoms with Gasteiger partial charge in [0.2, 0.25) is 11.8 Å². The van der Waals surface area contributed by atoms with Gasteiger partial charge in [-0.3, -0.25) is 9.59 Å². The van der Waals surface area contributed by atoms with Crippen molar-refractivity contribution in [3.8, 4) is 0 Å². The Morgan fingerprint density at radius 1 is 1.37 bits per heavy atom. The molecular weight excluding hydrogens is 310 g/mol. The lowest BCUT2D eigenvalue weighted by atomic mass is 10.2. The van der Waals surface area contributed by atoms with Gasteiger partial charge < -0.3 is 16.4 Å². The van der Waals surface area contributed by atoms with Crippen molar-refractivity contribution in [3.05, 3.63) is 28.2 Å².